The summed E-state index contributed by atoms with van der Waals surface area (Å²) < 4.78 is 17.4. The second kappa shape index (κ2) is 60.6. The molecule has 0 radical (unpaired) electrons. The van der Waals surface area contributed by atoms with Gasteiger partial charge in [-0.2, -0.15) is 0 Å². The summed E-state index contributed by atoms with van der Waals surface area (Å²) in [4.78, 5) is 25.5. The van der Waals surface area contributed by atoms with E-state index in [0.717, 1.165) is 141 Å². The molecule has 0 bridgehead atoms. The smallest absolute Gasteiger partial charge is 0.306 e. The lowest BCUT2D eigenvalue weighted by Crippen LogP contribution is -2.30. The molecular weight excluding hydrogens is 885 g/mol. The van der Waals surface area contributed by atoms with Gasteiger partial charge in [-0.1, -0.05) is 236 Å². The van der Waals surface area contributed by atoms with Crippen LogP contribution in [-0.2, 0) is 23.8 Å². The average Bonchev–Trinajstić information content (AvgIpc) is 3.38. The molecular formula is C67H104O5. The van der Waals surface area contributed by atoms with Crippen LogP contribution in [0.2, 0.25) is 0 Å². The summed E-state index contributed by atoms with van der Waals surface area (Å²) in [6.45, 7) is 7.33. The van der Waals surface area contributed by atoms with E-state index in [1.165, 1.54) is 32.1 Å². The highest BCUT2D eigenvalue weighted by atomic mass is 16.6. The predicted octanol–water partition coefficient (Wildman–Crippen LogP) is 20.0. The topological polar surface area (TPSA) is 61.8 Å². The molecule has 5 nitrogen and oxygen atoms in total. The van der Waals surface area contributed by atoms with Crippen molar-refractivity contribution in [3.05, 3.63) is 170 Å². The van der Waals surface area contributed by atoms with Crippen molar-refractivity contribution in [3.63, 3.8) is 0 Å². The Kier molecular flexibility index (Phi) is 56.6. The number of rotatable bonds is 50. The van der Waals surface area contributed by atoms with Crippen molar-refractivity contribution in [2.24, 2.45) is 0 Å². The Morgan fingerprint density at radius 3 is 0.986 bits per heavy atom. The average molecular weight is 990 g/mol. The minimum atomic E-state index is -0.601. The third-order valence-electron chi connectivity index (χ3n) is 11.2. The first-order chi connectivity index (χ1) is 35.6. The molecule has 1 atom stereocenters. The van der Waals surface area contributed by atoms with Crippen LogP contribution in [0, 0.1) is 0 Å². The van der Waals surface area contributed by atoms with E-state index in [1.807, 2.05) is 6.08 Å². The summed E-state index contributed by atoms with van der Waals surface area (Å²) in [6, 6.07) is 0. The Bertz CT molecular complexity index is 1640. The molecule has 0 aliphatic carbocycles. The number of unbranched alkanes of at least 4 members (excludes halogenated alkanes) is 11. The summed E-state index contributed by atoms with van der Waals surface area (Å²) in [7, 11) is 0. The minimum Gasteiger partial charge on any atom is -0.462 e. The van der Waals surface area contributed by atoms with Crippen LogP contribution in [-0.4, -0.2) is 37.9 Å². The fourth-order valence-electron chi connectivity index (χ4n) is 7.11. The monoisotopic (exact) mass is 989 g/mol. The van der Waals surface area contributed by atoms with Crippen molar-refractivity contribution in [3.8, 4) is 0 Å². The van der Waals surface area contributed by atoms with E-state index in [1.54, 1.807) is 0 Å². The van der Waals surface area contributed by atoms with E-state index >= 15 is 0 Å². The van der Waals surface area contributed by atoms with Crippen molar-refractivity contribution in [2.75, 3.05) is 19.8 Å². The second-order valence-electron chi connectivity index (χ2n) is 18.0. The van der Waals surface area contributed by atoms with E-state index in [-0.39, 0.29) is 31.6 Å². The number of ether oxygens (including phenoxy) is 3. The van der Waals surface area contributed by atoms with Gasteiger partial charge in [-0.15, -0.1) is 0 Å². The Hall–Kier alpha value is -4.74. The van der Waals surface area contributed by atoms with Gasteiger partial charge < -0.3 is 14.2 Å². The molecule has 0 N–H and O–H groups in total. The van der Waals surface area contributed by atoms with Gasteiger partial charge >= 0.3 is 11.9 Å². The van der Waals surface area contributed by atoms with Crippen LogP contribution in [0.4, 0.5) is 0 Å². The SMILES string of the molecule is CC/C=C\C/C=C\C/C=C\C/C=C\C/C=C\C/C=C\CCC(=O)OCC(COCCCCCCCCC/C=C\C/C=C\C/C=C\C/C=C\CC)OC(=O)CCCCCC/C=C\C/C=C\C/C=C\C/C=C\CC. The molecule has 72 heavy (non-hydrogen) atoms. The quantitative estimate of drug-likeness (QED) is 0.0345. The maximum absolute atomic E-state index is 12.9. The van der Waals surface area contributed by atoms with Gasteiger partial charge in [-0.05, 0) is 135 Å². The molecule has 0 fully saturated rings. The van der Waals surface area contributed by atoms with E-state index < -0.39 is 6.10 Å². The van der Waals surface area contributed by atoms with E-state index in [9.17, 15) is 9.59 Å². The molecule has 0 rings (SSSR count). The predicted molar refractivity (Wildman–Crippen MR) is 315 cm³/mol. The standard InChI is InChI=1S/C67H104O5/c1-4-7-10-13-16-19-22-25-28-31-33-35-38-41-44-47-50-53-56-59-62-70-63-65(72-67(69)61-58-55-52-49-46-43-40-36-30-27-24-21-18-15-12-9-6-3)64-71-66(68)60-57-54-51-48-45-42-39-37-34-32-29-26-23-20-17-14-11-8-5-2/h7-12,16-21,25-30,33-35,37,40,42-43,45,51,54,65H,4-6,13-15,22-24,31-32,36,38-39,41,44,46-50,52-53,55-64H2,1-3H3/b10-7-,11-8-,12-9-,19-16-,20-17-,21-18-,28-25-,29-26-,30-27-,35-33-,37-34-,43-40-,45-42-,54-51-. The van der Waals surface area contributed by atoms with E-state index in [2.05, 4.69) is 185 Å². The summed E-state index contributed by atoms with van der Waals surface area (Å²) in [5.41, 5.74) is 0. The lowest BCUT2D eigenvalue weighted by molar-refractivity contribution is -0.162. The molecule has 0 amide bonds. The highest BCUT2D eigenvalue weighted by molar-refractivity contribution is 5.70. The third kappa shape index (κ3) is 57.8. The molecule has 0 aliphatic heterocycles. The first-order valence-corrected chi connectivity index (χ1v) is 28.7. The molecule has 402 valence electrons. The lowest BCUT2D eigenvalue weighted by atomic mass is 10.1. The molecule has 0 aromatic rings. The van der Waals surface area contributed by atoms with E-state index in [0.29, 0.717) is 19.4 Å². The summed E-state index contributed by atoms with van der Waals surface area (Å²) in [6.07, 6.45) is 91.0. The highest BCUT2D eigenvalue weighted by Gasteiger charge is 2.17. The Balaban J connectivity index is 4.50. The van der Waals surface area contributed by atoms with Crippen LogP contribution >= 0.6 is 0 Å². The maximum Gasteiger partial charge on any atom is 0.306 e. The van der Waals surface area contributed by atoms with Crippen LogP contribution in [0.1, 0.15) is 213 Å². The van der Waals surface area contributed by atoms with Gasteiger partial charge in [0.15, 0.2) is 6.10 Å². The number of hydrogen-bond acceptors (Lipinski definition) is 5. The van der Waals surface area contributed by atoms with Gasteiger partial charge in [0.25, 0.3) is 0 Å². The molecule has 5 heteroatoms. The third-order valence-corrected chi connectivity index (χ3v) is 11.2. The van der Waals surface area contributed by atoms with Crippen LogP contribution in [0.15, 0.2) is 170 Å². The maximum atomic E-state index is 12.9. The van der Waals surface area contributed by atoms with Gasteiger partial charge in [0, 0.05) is 19.4 Å². The van der Waals surface area contributed by atoms with Crippen LogP contribution in [0.25, 0.3) is 0 Å². The second-order valence-corrected chi connectivity index (χ2v) is 18.0. The fourth-order valence-corrected chi connectivity index (χ4v) is 7.11. The number of hydrogen-bond donors (Lipinski definition) is 0. The molecule has 0 aromatic carbocycles. The van der Waals surface area contributed by atoms with Gasteiger partial charge in [-0.3, -0.25) is 9.59 Å². The summed E-state index contributed by atoms with van der Waals surface area (Å²) in [5, 5.41) is 0. The molecule has 0 saturated heterocycles. The van der Waals surface area contributed by atoms with Crippen LogP contribution in [0.5, 0.6) is 0 Å². The molecule has 0 aliphatic rings. The van der Waals surface area contributed by atoms with E-state index in [4.69, 9.17) is 14.2 Å². The Morgan fingerprint density at radius 1 is 0.306 bits per heavy atom. The number of carbonyl (C=O) groups is 2. The van der Waals surface area contributed by atoms with Crippen molar-refractivity contribution >= 4 is 11.9 Å². The Labute approximate surface area is 443 Å². The van der Waals surface area contributed by atoms with Crippen molar-refractivity contribution in [1.82, 2.24) is 0 Å². The van der Waals surface area contributed by atoms with Gasteiger partial charge in [0.05, 0.1) is 6.61 Å². The Morgan fingerprint density at radius 2 is 0.611 bits per heavy atom. The van der Waals surface area contributed by atoms with Gasteiger partial charge in [-0.25, -0.2) is 0 Å². The largest absolute Gasteiger partial charge is 0.462 e. The summed E-state index contributed by atoms with van der Waals surface area (Å²) in [5.74, 6) is -0.541. The van der Waals surface area contributed by atoms with Crippen molar-refractivity contribution in [1.29, 1.82) is 0 Å². The zero-order chi connectivity index (χ0) is 52.0. The van der Waals surface area contributed by atoms with Crippen molar-refractivity contribution in [2.45, 2.75) is 219 Å². The number of allylic oxidation sites excluding steroid dienone is 28. The zero-order valence-electron chi connectivity index (χ0n) is 46.1. The van der Waals surface area contributed by atoms with Crippen LogP contribution < -0.4 is 0 Å². The number of carbonyl (C=O) groups excluding carboxylic acids is 2. The zero-order valence-corrected chi connectivity index (χ0v) is 46.1. The molecule has 0 saturated carbocycles. The first-order valence-electron chi connectivity index (χ1n) is 28.7. The lowest BCUT2D eigenvalue weighted by Gasteiger charge is -2.18. The molecule has 1 unspecified atom stereocenters. The summed E-state index contributed by atoms with van der Waals surface area (Å²) >= 11 is 0. The van der Waals surface area contributed by atoms with Gasteiger partial charge in [0.2, 0.25) is 0 Å². The molecule has 0 aromatic heterocycles. The fraction of sp³-hybridized carbons (Fsp3) is 0.552. The molecule has 0 heterocycles. The normalized spacial score (nSPS) is 13.5. The molecule has 0 spiro atoms. The number of esters is 2. The minimum absolute atomic E-state index is 0.0180. The first kappa shape index (κ1) is 67.3. The van der Waals surface area contributed by atoms with Gasteiger partial charge in [0.1, 0.15) is 6.61 Å². The highest BCUT2D eigenvalue weighted by Crippen LogP contribution is 2.12. The van der Waals surface area contributed by atoms with Crippen molar-refractivity contribution < 1.29 is 23.8 Å². The van der Waals surface area contributed by atoms with Crippen LogP contribution in [0.3, 0.4) is 0 Å².